The van der Waals surface area contributed by atoms with E-state index in [2.05, 4.69) is 26.6 Å². The molecule has 0 bridgehead atoms. The fourth-order valence-electron chi connectivity index (χ4n) is 3.66. The van der Waals surface area contributed by atoms with Crippen LogP contribution in [0.1, 0.15) is 37.0 Å². The summed E-state index contributed by atoms with van der Waals surface area (Å²) in [5, 5.41) is 31.2. The number of nitriles is 1. The van der Waals surface area contributed by atoms with E-state index < -0.39 is 5.60 Å². The van der Waals surface area contributed by atoms with E-state index in [1.54, 1.807) is 43.2 Å². The lowest BCUT2D eigenvalue weighted by Gasteiger charge is -2.30. The molecule has 1 atom stereocenters. The summed E-state index contributed by atoms with van der Waals surface area (Å²) in [6, 6.07) is 4.07. The highest BCUT2D eigenvalue weighted by molar-refractivity contribution is 6.09. The molecule has 10 nitrogen and oxygen atoms in total. The first kappa shape index (κ1) is 19.8. The lowest BCUT2D eigenvalue weighted by Crippen LogP contribution is -2.36. The third-order valence-electron chi connectivity index (χ3n) is 4.97. The molecule has 156 valence electrons. The van der Waals surface area contributed by atoms with Crippen LogP contribution in [0.25, 0.3) is 5.65 Å². The van der Waals surface area contributed by atoms with Gasteiger partial charge in [-0.05, 0) is 32.8 Å². The largest absolute Gasteiger partial charge is 0.389 e. The predicted molar refractivity (Wildman–Crippen MR) is 110 cm³/mol. The summed E-state index contributed by atoms with van der Waals surface area (Å²) in [5.41, 5.74) is 0.375. The second-order valence-electron chi connectivity index (χ2n) is 8.19. The lowest BCUT2D eigenvalue weighted by atomic mass is 10.00. The van der Waals surface area contributed by atoms with Crippen molar-refractivity contribution in [2.45, 2.75) is 38.8 Å². The smallest absolute Gasteiger partial charge is 0.261 e. The Hall–Kier alpha value is -3.45. The molecule has 30 heavy (non-hydrogen) atoms. The average Bonchev–Trinajstić information content (AvgIpc) is 3.30. The quantitative estimate of drug-likeness (QED) is 0.658. The lowest BCUT2D eigenvalue weighted by molar-refractivity contribution is 0.0578. The minimum absolute atomic E-state index is 0.0782. The molecule has 1 aliphatic heterocycles. The fourth-order valence-corrected chi connectivity index (χ4v) is 3.66. The molecule has 10 heteroatoms. The van der Waals surface area contributed by atoms with Gasteiger partial charge in [0.25, 0.3) is 5.91 Å². The van der Waals surface area contributed by atoms with Crippen molar-refractivity contribution < 1.29 is 9.90 Å². The topological polar surface area (TPSA) is 124 Å². The SMILES string of the molecule is CC(C)(O)Cn1cc(NC(=O)c2cnn3cccnc23)c(N2CCCC(C#N)C2)n1. The van der Waals surface area contributed by atoms with Gasteiger partial charge in [0.05, 0.1) is 36.5 Å². The zero-order valence-corrected chi connectivity index (χ0v) is 17.0. The van der Waals surface area contributed by atoms with Gasteiger partial charge in [0.2, 0.25) is 0 Å². The summed E-state index contributed by atoms with van der Waals surface area (Å²) < 4.78 is 3.16. The zero-order chi connectivity index (χ0) is 21.3. The van der Waals surface area contributed by atoms with Crippen LogP contribution in [0, 0.1) is 17.2 Å². The minimum atomic E-state index is -0.964. The van der Waals surface area contributed by atoms with E-state index in [4.69, 9.17) is 0 Å². The number of nitrogens with one attached hydrogen (secondary N) is 1. The normalized spacial score (nSPS) is 17.1. The maximum atomic E-state index is 13.0. The number of rotatable bonds is 5. The number of piperidine rings is 1. The van der Waals surface area contributed by atoms with Crippen molar-refractivity contribution in [1.82, 2.24) is 24.4 Å². The summed E-state index contributed by atoms with van der Waals surface area (Å²) in [4.78, 5) is 19.2. The number of amides is 1. The molecule has 0 saturated carbocycles. The molecule has 1 fully saturated rings. The molecule has 3 aromatic rings. The Balaban J connectivity index is 1.65. The molecular formula is C20H24N8O2. The van der Waals surface area contributed by atoms with Gasteiger partial charge in [-0.2, -0.15) is 15.5 Å². The van der Waals surface area contributed by atoms with Crippen LogP contribution >= 0.6 is 0 Å². The standard InChI is InChI=1S/C20H24N8O2/c1-20(2,30)13-27-12-16(18(25-27)26-7-3-5-14(9-21)11-26)24-19(29)15-10-23-28-8-4-6-22-17(15)28/h4,6,8,10,12,14,30H,3,5,7,11,13H2,1-2H3,(H,24,29). The van der Waals surface area contributed by atoms with Gasteiger partial charge >= 0.3 is 0 Å². The molecule has 3 aromatic heterocycles. The predicted octanol–water partition coefficient (Wildman–Crippen LogP) is 1.69. The molecule has 2 N–H and O–H groups in total. The van der Waals surface area contributed by atoms with E-state index in [9.17, 15) is 15.2 Å². The molecular weight excluding hydrogens is 384 g/mol. The van der Waals surface area contributed by atoms with Gasteiger partial charge in [-0.3, -0.25) is 9.48 Å². The number of carbonyl (C=O) groups excluding carboxylic acids is 1. The van der Waals surface area contributed by atoms with E-state index in [1.165, 1.54) is 10.7 Å². The van der Waals surface area contributed by atoms with Crippen LogP contribution in [0.15, 0.2) is 30.9 Å². The van der Waals surface area contributed by atoms with Crippen molar-refractivity contribution >= 4 is 23.1 Å². The number of fused-ring (bicyclic) bond motifs is 1. The van der Waals surface area contributed by atoms with Gasteiger partial charge in [-0.25, -0.2) is 9.50 Å². The van der Waals surface area contributed by atoms with Crippen molar-refractivity contribution in [3.8, 4) is 6.07 Å². The summed E-state index contributed by atoms with van der Waals surface area (Å²) in [7, 11) is 0. The van der Waals surface area contributed by atoms with Crippen LogP contribution in [-0.2, 0) is 6.54 Å². The zero-order valence-electron chi connectivity index (χ0n) is 17.0. The van der Waals surface area contributed by atoms with Gasteiger partial charge in [0.15, 0.2) is 11.5 Å². The van der Waals surface area contributed by atoms with E-state index in [-0.39, 0.29) is 18.4 Å². The van der Waals surface area contributed by atoms with Crippen molar-refractivity contribution in [3.05, 3.63) is 36.4 Å². The highest BCUT2D eigenvalue weighted by atomic mass is 16.3. The monoisotopic (exact) mass is 408 g/mol. The van der Waals surface area contributed by atoms with Gasteiger partial charge in [0, 0.05) is 25.5 Å². The van der Waals surface area contributed by atoms with Crippen LogP contribution in [-0.4, -0.2) is 54.1 Å². The van der Waals surface area contributed by atoms with E-state index in [0.717, 1.165) is 19.4 Å². The average molecular weight is 408 g/mol. The number of hydrogen-bond donors (Lipinski definition) is 2. The second-order valence-corrected chi connectivity index (χ2v) is 8.19. The van der Waals surface area contributed by atoms with Gasteiger partial charge in [-0.1, -0.05) is 0 Å². The number of nitrogens with zero attached hydrogens (tertiary/aromatic N) is 7. The minimum Gasteiger partial charge on any atom is -0.389 e. The van der Waals surface area contributed by atoms with Gasteiger partial charge in [0.1, 0.15) is 11.3 Å². The molecule has 1 unspecified atom stereocenters. The molecule has 4 heterocycles. The number of aromatic nitrogens is 5. The maximum Gasteiger partial charge on any atom is 0.261 e. The van der Waals surface area contributed by atoms with Crippen molar-refractivity contribution in [3.63, 3.8) is 0 Å². The van der Waals surface area contributed by atoms with E-state index >= 15 is 0 Å². The first-order chi connectivity index (χ1) is 14.3. The summed E-state index contributed by atoms with van der Waals surface area (Å²) in [6.45, 7) is 4.97. The molecule has 4 rings (SSSR count). The highest BCUT2D eigenvalue weighted by Crippen LogP contribution is 2.29. The third kappa shape index (κ3) is 4.11. The number of anilines is 2. The van der Waals surface area contributed by atoms with Crippen LogP contribution in [0.5, 0.6) is 0 Å². The molecule has 0 aromatic carbocycles. The van der Waals surface area contributed by atoms with Crippen LogP contribution in [0.3, 0.4) is 0 Å². The molecule has 1 aliphatic rings. The van der Waals surface area contributed by atoms with E-state index in [0.29, 0.717) is 29.3 Å². The van der Waals surface area contributed by atoms with Crippen molar-refractivity contribution in [1.29, 1.82) is 5.26 Å². The summed E-state index contributed by atoms with van der Waals surface area (Å²) in [6.07, 6.45) is 8.25. The Bertz CT molecular complexity index is 1100. The first-order valence-corrected chi connectivity index (χ1v) is 9.88. The van der Waals surface area contributed by atoms with Crippen molar-refractivity contribution in [2.24, 2.45) is 5.92 Å². The first-order valence-electron chi connectivity index (χ1n) is 9.88. The Kier molecular flexibility index (Phi) is 5.13. The Morgan fingerprint density at radius 3 is 3.07 bits per heavy atom. The summed E-state index contributed by atoms with van der Waals surface area (Å²) in [5.74, 6) is 0.170. The van der Waals surface area contributed by atoms with Gasteiger partial charge in [-0.15, -0.1) is 0 Å². The maximum absolute atomic E-state index is 13.0. The number of hydrogen-bond acceptors (Lipinski definition) is 7. The second kappa shape index (κ2) is 7.76. The Morgan fingerprint density at radius 1 is 1.47 bits per heavy atom. The Morgan fingerprint density at radius 2 is 2.30 bits per heavy atom. The molecule has 1 amide bonds. The third-order valence-corrected chi connectivity index (χ3v) is 4.97. The van der Waals surface area contributed by atoms with Gasteiger partial charge < -0.3 is 15.3 Å². The molecule has 0 aliphatic carbocycles. The Labute approximate surface area is 173 Å². The van der Waals surface area contributed by atoms with Crippen LogP contribution in [0.2, 0.25) is 0 Å². The summed E-state index contributed by atoms with van der Waals surface area (Å²) >= 11 is 0. The van der Waals surface area contributed by atoms with Crippen molar-refractivity contribution in [2.75, 3.05) is 23.3 Å². The fraction of sp³-hybridized carbons (Fsp3) is 0.450. The highest BCUT2D eigenvalue weighted by Gasteiger charge is 2.26. The van der Waals surface area contributed by atoms with E-state index in [1.807, 2.05) is 4.90 Å². The molecule has 0 spiro atoms. The number of aliphatic hydroxyl groups is 1. The van der Waals surface area contributed by atoms with Crippen LogP contribution in [0.4, 0.5) is 11.5 Å². The van der Waals surface area contributed by atoms with Crippen LogP contribution < -0.4 is 10.2 Å². The number of carbonyl (C=O) groups is 1. The molecule has 0 radical (unpaired) electrons. The molecule has 1 saturated heterocycles.